The molecule has 0 aromatic heterocycles. The Morgan fingerprint density at radius 1 is 0.667 bits per heavy atom. The summed E-state index contributed by atoms with van der Waals surface area (Å²) in [5.74, 6) is 1.06. The quantitative estimate of drug-likeness (QED) is 0.0463. The number of unbranched alkanes of at least 4 members (excludes halogenated alkanes) is 16. The summed E-state index contributed by atoms with van der Waals surface area (Å²) < 4.78 is 17.7. The molecule has 5 heteroatoms. The molecule has 0 aliphatic rings. The molecule has 48 heavy (non-hydrogen) atoms. The minimum Gasteiger partial charge on any atom is -0.494 e. The molecule has 0 saturated heterocycles. The summed E-state index contributed by atoms with van der Waals surface area (Å²) in [6.07, 6.45) is 25.1. The van der Waals surface area contributed by atoms with E-state index in [0.717, 1.165) is 47.6 Å². The van der Waals surface area contributed by atoms with E-state index in [2.05, 4.69) is 13.8 Å². The van der Waals surface area contributed by atoms with Crippen molar-refractivity contribution in [2.24, 2.45) is 0 Å². The molecule has 0 spiro atoms. The Morgan fingerprint density at radius 2 is 1.25 bits per heavy atom. The first kappa shape index (κ1) is 39.1. The van der Waals surface area contributed by atoms with E-state index in [0.29, 0.717) is 23.5 Å². The summed E-state index contributed by atoms with van der Waals surface area (Å²) >= 11 is 0. The van der Waals surface area contributed by atoms with Crippen LogP contribution in [0.2, 0.25) is 0 Å². The van der Waals surface area contributed by atoms with Crippen molar-refractivity contribution in [2.45, 2.75) is 155 Å². The number of esters is 1. The van der Waals surface area contributed by atoms with Crippen LogP contribution in [0.4, 0.5) is 0 Å². The van der Waals surface area contributed by atoms with Gasteiger partial charge >= 0.3 is 5.97 Å². The molecule has 0 heterocycles. The summed E-state index contributed by atoms with van der Waals surface area (Å²) in [6.45, 7) is 7.42. The zero-order chi connectivity index (χ0) is 34.2. The molecule has 0 radical (unpaired) electrons. The Kier molecular flexibility index (Phi) is 19.5. The third kappa shape index (κ3) is 14.8. The van der Waals surface area contributed by atoms with Gasteiger partial charge in [0.2, 0.25) is 0 Å². The van der Waals surface area contributed by atoms with Gasteiger partial charge in [-0.2, -0.15) is 0 Å². The lowest BCUT2D eigenvalue weighted by Crippen LogP contribution is -2.15. The number of aldehydes is 1. The van der Waals surface area contributed by atoms with Gasteiger partial charge in [-0.25, -0.2) is 4.79 Å². The summed E-state index contributed by atoms with van der Waals surface area (Å²) in [6, 6.07) is 17.0. The van der Waals surface area contributed by atoms with Gasteiger partial charge in [-0.1, -0.05) is 135 Å². The molecule has 0 amide bonds. The fourth-order valence-corrected chi connectivity index (χ4v) is 6.20. The lowest BCUT2D eigenvalue weighted by Gasteiger charge is -2.14. The maximum Gasteiger partial charge on any atom is 0.338 e. The van der Waals surface area contributed by atoms with Gasteiger partial charge in [-0.3, -0.25) is 4.79 Å². The molecule has 0 fully saturated rings. The van der Waals surface area contributed by atoms with E-state index in [4.69, 9.17) is 14.2 Å². The maximum atomic E-state index is 12.5. The second kappa shape index (κ2) is 23.9. The average molecular weight is 659 g/mol. The molecule has 3 rings (SSSR count). The van der Waals surface area contributed by atoms with Crippen molar-refractivity contribution < 1.29 is 23.8 Å². The summed E-state index contributed by atoms with van der Waals surface area (Å²) in [7, 11) is 0. The van der Waals surface area contributed by atoms with Gasteiger partial charge < -0.3 is 14.2 Å². The third-order valence-electron chi connectivity index (χ3n) is 9.23. The van der Waals surface area contributed by atoms with Gasteiger partial charge in [0.15, 0.2) is 6.29 Å². The van der Waals surface area contributed by atoms with Crippen LogP contribution < -0.4 is 9.47 Å². The van der Waals surface area contributed by atoms with Crippen molar-refractivity contribution in [1.82, 2.24) is 0 Å². The standard InChI is InChI=1S/C43H62O5/c1-4-6-8-10-11-12-13-14-15-16-17-18-19-21-31-46-39-28-29-40-38(32-39)27-30-42(41(40)33-44)47-34-36-23-25-37(26-24-36)43(45)48-35(3)22-20-9-7-5-2/h23-30,32-33,35H,4-22,31,34H2,1-3H3/t35-/m1/s1. The lowest BCUT2D eigenvalue weighted by molar-refractivity contribution is 0.0319. The Labute approximate surface area is 291 Å². The predicted molar refractivity (Wildman–Crippen MR) is 200 cm³/mol. The SMILES string of the molecule is CCCCCCCCCCCCCCCCOc1ccc2c(C=O)c(OCc3ccc(C(=O)O[C@H](C)CCCCCC)cc3)ccc2c1. The van der Waals surface area contributed by atoms with E-state index in [1.165, 1.54) is 103 Å². The average Bonchev–Trinajstić information content (AvgIpc) is 3.10. The fraction of sp³-hybridized carbons (Fsp3) is 0.581. The number of benzene rings is 3. The molecule has 0 aliphatic carbocycles. The van der Waals surface area contributed by atoms with Crippen molar-refractivity contribution in [1.29, 1.82) is 0 Å². The summed E-state index contributed by atoms with van der Waals surface area (Å²) in [5.41, 5.74) is 1.96. The van der Waals surface area contributed by atoms with Crippen molar-refractivity contribution in [2.75, 3.05) is 6.61 Å². The third-order valence-corrected chi connectivity index (χ3v) is 9.23. The Bertz CT molecular complexity index is 1310. The first-order valence-electron chi connectivity index (χ1n) is 19.1. The highest BCUT2D eigenvalue weighted by atomic mass is 16.5. The molecule has 0 bridgehead atoms. The number of carbonyl (C=O) groups excluding carboxylic acids is 2. The Hall–Kier alpha value is -3.34. The number of hydrogen-bond donors (Lipinski definition) is 0. The monoisotopic (exact) mass is 658 g/mol. The predicted octanol–water partition coefficient (Wildman–Crippen LogP) is 12.6. The van der Waals surface area contributed by atoms with E-state index in [1.54, 1.807) is 12.1 Å². The zero-order valence-corrected chi connectivity index (χ0v) is 30.2. The number of carbonyl (C=O) groups is 2. The van der Waals surface area contributed by atoms with Crippen LogP contribution in [0.3, 0.4) is 0 Å². The van der Waals surface area contributed by atoms with Crippen LogP contribution in [-0.4, -0.2) is 25.0 Å². The van der Waals surface area contributed by atoms with Crippen LogP contribution in [0.1, 0.15) is 169 Å². The normalized spacial score (nSPS) is 11.8. The van der Waals surface area contributed by atoms with Gasteiger partial charge in [0, 0.05) is 0 Å². The Balaban J connectivity index is 1.35. The summed E-state index contributed by atoms with van der Waals surface area (Å²) in [5, 5.41) is 1.79. The van der Waals surface area contributed by atoms with Crippen molar-refractivity contribution >= 4 is 23.0 Å². The fourth-order valence-electron chi connectivity index (χ4n) is 6.20. The van der Waals surface area contributed by atoms with Crippen LogP contribution in [0.15, 0.2) is 54.6 Å². The topological polar surface area (TPSA) is 61.8 Å². The molecule has 0 N–H and O–H groups in total. The number of fused-ring (bicyclic) bond motifs is 1. The second-order valence-electron chi connectivity index (χ2n) is 13.5. The van der Waals surface area contributed by atoms with Gasteiger partial charge in [-0.05, 0) is 78.9 Å². The van der Waals surface area contributed by atoms with Crippen molar-refractivity contribution in [3.05, 3.63) is 71.3 Å². The molecule has 3 aromatic rings. The van der Waals surface area contributed by atoms with Crippen molar-refractivity contribution in [3.8, 4) is 11.5 Å². The van der Waals surface area contributed by atoms with E-state index >= 15 is 0 Å². The molecule has 264 valence electrons. The highest BCUT2D eigenvalue weighted by molar-refractivity contribution is 6.01. The molecule has 3 aromatic carbocycles. The highest BCUT2D eigenvalue weighted by Gasteiger charge is 2.13. The van der Waals surface area contributed by atoms with Crippen molar-refractivity contribution in [3.63, 3.8) is 0 Å². The number of hydrogen-bond acceptors (Lipinski definition) is 5. The highest BCUT2D eigenvalue weighted by Crippen LogP contribution is 2.30. The van der Waals surface area contributed by atoms with Crippen LogP contribution in [0, 0.1) is 0 Å². The first-order chi connectivity index (χ1) is 23.5. The van der Waals surface area contributed by atoms with E-state index in [1.807, 2.05) is 49.4 Å². The largest absolute Gasteiger partial charge is 0.494 e. The minimum absolute atomic E-state index is 0.0939. The summed E-state index contributed by atoms with van der Waals surface area (Å²) in [4.78, 5) is 24.7. The molecule has 0 aliphatic heterocycles. The van der Waals surface area contributed by atoms with Crippen LogP contribution in [0.5, 0.6) is 11.5 Å². The number of ether oxygens (including phenoxy) is 3. The first-order valence-corrected chi connectivity index (χ1v) is 19.1. The van der Waals surface area contributed by atoms with E-state index < -0.39 is 0 Å². The molecule has 0 unspecified atom stereocenters. The molecular weight excluding hydrogens is 596 g/mol. The smallest absolute Gasteiger partial charge is 0.338 e. The Morgan fingerprint density at radius 3 is 1.85 bits per heavy atom. The number of rotatable bonds is 27. The molecule has 5 nitrogen and oxygen atoms in total. The lowest BCUT2D eigenvalue weighted by atomic mass is 10.0. The van der Waals surface area contributed by atoms with E-state index in [-0.39, 0.29) is 18.7 Å². The molecule has 1 atom stereocenters. The van der Waals surface area contributed by atoms with Crippen LogP contribution in [-0.2, 0) is 11.3 Å². The van der Waals surface area contributed by atoms with Crippen LogP contribution >= 0.6 is 0 Å². The zero-order valence-electron chi connectivity index (χ0n) is 30.2. The molecular formula is C43H62O5. The molecule has 0 saturated carbocycles. The van der Waals surface area contributed by atoms with Gasteiger partial charge in [-0.15, -0.1) is 0 Å². The minimum atomic E-state index is -0.300. The maximum absolute atomic E-state index is 12.5. The van der Waals surface area contributed by atoms with E-state index in [9.17, 15) is 9.59 Å². The van der Waals surface area contributed by atoms with Crippen LogP contribution in [0.25, 0.3) is 10.8 Å². The van der Waals surface area contributed by atoms with Gasteiger partial charge in [0.25, 0.3) is 0 Å². The van der Waals surface area contributed by atoms with Gasteiger partial charge in [0.05, 0.1) is 23.8 Å². The van der Waals surface area contributed by atoms with Gasteiger partial charge in [0.1, 0.15) is 18.1 Å². The second-order valence-corrected chi connectivity index (χ2v) is 13.5.